The average molecular weight is 625 g/mol. The summed E-state index contributed by atoms with van der Waals surface area (Å²) >= 11 is 9.95. The number of ether oxygens (including phenoxy) is 2. The lowest BCUT2D eigenvalue weighted by Gasteiger charge is -2.37. The topological polar surface area (TPSA) is 71.1 Å². The maximum absolute atomic E-state index is 14.2. The highest BCUT2D eigenvalue weighted by atomic mass is 79.9. The van der Waals surface area contributed by atoms with Crippen molar-refractivity contribution in [2.45, 2.75) is 45.0 Å². The van der Waals surface area contributed by atoms with E-state index in [0.717, 1.165) is 39.8 Å². The fourth-order valence-electron chi connectivity index (χ4n) is 4.77. The van der Waals surface area contributed by atoms with Crippen LogP contribution in [0.2, 0.25) is 5.02 Å². The van der Waals surface area contributed by atoms with Crippen LogP contribution in [-0.4, -0.2) is 42.0 Å². The number of hydrogen-bond acceptors (Lipinski definition) is 4. The summed E-state index contributed by atoms with van der Waals surface area (Å²) in [4.78, 5) is 31.0. The highest BCUT2D eigenvalue weighted by Crippen LogP contribution is 2.40. The normalized spacial score (nSPS) is 17.0. The van der Waals surface area contributed by atoms with Crippen LogP contribution in [0.1, 0.15) is 42.5 Å². The van der Waals surface area contributed by atoms with E-state index in [1.165, 1.54) is 0 Å². The van der Waals surface area contributed by atoms with Gasteiger partial charge in [-0.05, 0) is 61.2 Å². The van der Waals surface area contributed by atoms with Crippen molar-refractivity contribution in [1.29, 1.82) is 0 Å². The van der Waals surface area contributed by atoms with Crippen LogP contribution < -0.4 is 14.8 Å². The molecule has 1 saturated carbocycles. The molecule has 0 spiro atoms. The summed E-state index contributed by atoms with van der Waals surface area (Å²) in [7, 11) is 3.36. The molecular formula is C31H31BrClN3O4. The third-order valence-electron chi connectivity index (χ3n) is 7.14. The van der Waals surface area contributed by atoms with Crippen LogP contribution >= 0.6 is 27.5 Å². The van der Waals surface area contributed by atoms with E-state index in [2.05, 4.69) is 21.2 Å². The van der Waals surface area contributed by atoms with Crippen molar-refractivity contribution in [2.75, 3.05) is 14.2 Å². The minimum atomic E-state index is -0.692. The van der Waals surface area contributed by atoms with E-state index in [-0.39, 0.29) is 18.0 Å². The zero-order valence-electron chi connectivity index (χ0n) is 22.6. The van der Waals surface area contributed by atoms with Crippen LogP contribution in [0.15, 0.2) is 82.5 Å². The summed E-state index contributed by atoms with van der Waals surface area (Å²) in [6, 6.07) is 19.7. The molecular weight excluding hydrogens is 594 g/mol. The number of amides is 3. The van der Waals surface area contributed by atoms with E-state index in [1.54, 1.807) is 24.0 Å². The summed E-state index contributed by atoms with van der Waals surface area (Å²) in [5.74, 6) is 1.18. The molecule has 1 aliphatic carbocycles. The number of urea groups is 1. The van der Waals surface area contributed by atoms with Gasteiger partial charge in [-0.1, -0.05) is 63.9 Å². The molecule has 0 aromatic heterocycles. The van der Waals surface area contributed by atoms with Crippen LogP contribution in [0.3, 0.4) is 0 Å². The van der Waals surface area contributed by atoms with Gasteiger partial charge in [0, 0.05) is 34.3 Å². The number of hydrogen-bond donors (Lipinski definition) is 1. The highest BCUT2D eigenvalue weighted by molar-refractivity contribution is 9.10. The summed E-state index contributed by atoms with van der Waals surface area (Å²) in [6.45, 7) is 2.44. The Hall–Kier alpha value is -3.49. The van der Waals surface area contributed by atoms with Crippen LogP contribution in [0.4, 0.5) is 4.79 Å². The molecule has 0 saturated heterocycles. The number of carbonyl (C=O) groups excluding carboxylic acids is 2. The molecule has 0 bridgehead atoms. The van der Waals surface area contributed by atoms with Crippen molar-refractivity contribution in [3.05, 3.63) is 104 Å². The second-order valence-corrected chi connectivity index (χ2v) is 11.4. The molecule has 2 aliphatic rings. The number of nitrogens with one attached hydrogen (secondary N) is 1. The quantitative estimate of drug-likeness (QED) is 0.283. The first-order chi connectivity index (χ1) is 19.2. The predicted octanol–water partition coefficient (Wildman–Crippen LogP) is 6.85. The molecule has 1 fully saturated rings. The molecule has 3 aromatic rings. The van der Waals surface area contributed by atoms with Gasteiger partial charge >= 0.3 is 6.03 Å². The van der Waals surface area contributed by atoms with Gasteiger partial charge in [0.25, 0.3) is 5.91 Å². The number of benzene rings is 3. The van der Waals surface area contributed by atoms with Gasteiger partial charge in [-0.3, -0.25) is 9.69 Å². The Morgan fingerprint density at radius 2 is 1.85 bits per heavy atom. The molecule has 3 amide bonds. The van der Waals surface area contributed by atoms with Crippen molar-refractivity contribution in [1.82, 2.24) is 15.1 Å². The lowest BCUT2D eigenvalue weighted by Crippen LogP contribution is -2.49. The van der Waals surface area contributed by atoms with Gasteiger partial charge < -0.3 is 19.7 Å². The Kier molecular flexibility index (Phi) is 8.38. The van der Waals surface area contributed by atoms with Crippen molar-refractivity contribution in [3.63, 3.8) is 0 Å². The molecule has 1 N–H and O–H groups in total. The van der Waals surface area contributed by atoms with Gasteiger partial charge in [0.15, 0.2) is 0 Å². The second kappa shape index (κ2) is 11.9. The second-order valence-electron chi connectivity index (χ2n) is 10.1. The fourth-order valence-corrected chi connectivity index (χ4v) is 5.30. The van der Waals surface area contributed by atoms with Crippen molar-refractivity contribution in [3.8, 4) is 11.5 Å². The lowest BCUT2D eigenvalue weighted by atomic mass is 9.92. The summed E-state index contributed by atoms with van der Waals surface area (Å²) in [5, 5.41) is 3.70. The zero-order valence-corrected chi connectivity index (χ0v) is 25.0. The maximum Gasteiger partial charge on any atom is 0.322 e. The van der Waals surface area contributed by atoms with E-state index in [0.29, 0.717) is 35.1 Å². The summed E-state index contributed by atoms with van der Waals surface area (Å²) in [6.07, 6.45) is 2.12. The highest BCUT2D eigenvalue weighted by Gasteiger charge is 2.39. The number of halogens is 2. The first-order valence-electron chi connectivity index (χ1n) is 13.1. The third kappa shape index (κ3) is 6.13. The number of likely N-dealkylation sites (N-methyl/N-ethyl adjacent to an activating group) is 1. The smallest absolute Gasteiger partial charge is 0.322 e. The van der Waals surface area contributed by atoms with Gasteiger partial charge in [0.2, 0.25) is 0 Å². The molecule has 40 heavy (non-hydrogen) atoms. The first kappa shape index (κ1) is 28.1. The van der Waals surface area contributed by atoms with Gasteiger partial charge in [0.05, 0.1) is 31.4 Å². The van der Waals surface area contributed by atoms with Crippen LogP contribution in [-0.2, 0) is 17.9 Å². The minimum Gasteiger partial charge on any atom is -0.497 e. The Balaban J connectivity index is 1.54. The zero-order chi connectivity index (χ0) is 28.4. The van der Waals surface area contributed by atoms with Crippen molar-refractivity contribution in [2.24, 2.45) is 0 Å². The Bertz CT molecular complexity index is 1460. The number of carbonyl (C=O) groups is 2. The number of allylic oxidation sites excluding steroid dienone is 1. The molecule has 3 aromatic carbocycles. The van der Waals surface area contributed by atoms with Crippen LogP contribution in [0.5, 0.6) is 11.5 Å². The van der Waals surface area contributed by atoms with E-state index >= 15 is 0 Å². The molecule has 208 valence electrons. The lowest BCUT2D eigenvalue weighted by molar-refractivity contribution is -0.127. The summed E-state index contributed by atoms with van der Waals surface area (Å²) < 4.78 is 12.4. The fraction of sp³-hybridized carbons (Fsp3) is 0.290. The Morgan fingerprint density at radius 3 is 2.52 bits per heavy atom. The number of rotatable bonds is 9. The SMILES string of the molecule is COc1ccc(CN2C(=O)NC(c3ccc(Br)cc3OC3CC3)C(C(=O)N(C)Cc3ccccc3Cl)=C2C)cc1. The first-order valence-corrected chi connectivity index (χ1v) is 14.3. The molecule has 9 heteroatoms. The third-order valence-corrected chi connectivity index (χ3v) is 8.01. The monoisotopic (exact) mass is 623 g/mol. The maximum atomic E-state index is 14.2. The predicted molar refractivity (Wildman–Crippen MR) is 158 cm³/mol. The standard InChI is InChI=1S/C31H31BrClN3O4/c1-19-28(30(37)35(2)18-21-6-4-5-7-26(21)33)29(25-15-10-22(32)16-27(25)40-24-13-14-24)34-31(38)36(19)17-20-8-11-23(39-3)12-9-20/h4-12,15-16,24,29H,13-14,17-18H2,1-3H3,(H,34,38). The molecule has 7 nitrogen and oxygen atoms in total. The number of nitrogens with zero attached hydrogens (tertiary/aromatic N) is 2. The molecule has 5 rings (SSSR count). The van der Waals surface area contributed by atoms with Gasteiger partial charge in [-0.25, -0.2) is 4.79 Å². The van der Waals surface area contributed by atoms with Gasteiger partial charge in [-0.15, -0.1) is 0 Å². The molecule has 1 heterocycles. The average Bonchev–Trinajstić information content (AvgIpc) is 3.76. The van der Waals surface area contributed by atoms with Gasteiger partial charge in [-0.2, -0.15) is 0 Å². The number of methoxy groups -OCH3 is 1. The molecule has 1 unspecified atom stereocenters. The Labute approximate surface area is 247 Å². The van der Waals surface area contributed by atoms with E-state index in [1.807, 2.05) is 73.7 Å². The molecule has 1 atom stereocenters. The largest absolute Gasteiger partial charge is 0.497 e. The summed E-state index contributed by atoms with van der Waals surface area (Å²) in [5.41, 5.74) is 3.55. The Morgan fingerprint density at radius 1 is 1.12 bits per heavy atom. The van der Waals surface area contributed by atoms with Crippen LogP contribution in [0, 0.1) is 0 Å². The minimum absolute atomic E-state index is 0.144. The van der Waals surface area contributed by atoms with E-state index in [4.69, 9.17) is 21.1 Å². The molecule has 0 radical (unpaired) electrons. The van der Waals surface area contributed by atoms with E-state index in [9.17, 15) is 9.59 Å². The molecule has 1 aliphatic heterocycles. The van der Waals surface area contributed by atoms with Gasteiger partial charge in [0.1, 0.15) is 11.5 Å². The van der Waals surface area contributed by atoms with Crippen LogP contribution in [0.25, 0.3) is 0 Å². The van der Waals surface area contributed by atoms with Crippen molar-refractivity contribution >= 4 is 39.5 Å². The van der Waals surface area contributed by atoms with E-state index < -0.39 is 6.04 Å². The van der Waals surface area contributed by atoms with Crippen molar-refractivity contribution < 1.29 is 19.1 Å².